The molecule has 21 heavy (non-hydrogen) atoms. The molecule has 0 radical (unpaired) electrons. The molecule has 0 amide bonds. The van der Waals surface area contributed by atoms with Gasteiger partial charge in [-0.05, 0) is 73.0 Å². The Morgan fingerprint density at radius 3 is 2.81 bits per heavy atom. The summed E-state index contributed by atoms with van der Waals surface area (Å²) in [4.78, 5) is 0. The second kappa shape index (κ2) is 3.97. The molecule has 1 aliphatic heterocycles. The fourth-order valence-electron chi connectivity index (χ4n) is 3.69. The minimum Gasteiger partial charge on any atom is -0.379 e. The van der Waals surface area contributed by atoms with E-state index < -0.39 is 0 Å². The predicted octanol–water partition coefficient (Wildman–Crippen LogP) is 3.40. The molecular formula is C19H18FN. The van der Waals surface area contributed by atoms with Crippen molar-refractivity contribution in [1.82, 2.24) is 0 Å². The first-order chi connectivity index (χ1) is 9.94. The van der Waals surface area contributed by atoms with E-state index in [4.69, 9.17) is 0 Å². The normalized spacial score (nSPS) is 17.4. The first kappa shape index (κ1) is 12.6. The molecule has 4 rings (SSSR count). The molecule has 2 aromatic rings. The maximum atomic E-state index is 14.2. The van der Waals surface area contributed by atoms with Crippen LogP contribution in [0.3, 0.4) is 0 Å². The molecule has 0 spiro atoms. The van der Waals surface area contributed by atoms with E-state index in [0.717, 1.165) is 34.0 Å². The number of benzene rings is 2. The third kappa shape index (κ3) is 1.82. The molecule has 2 aromatic carbocycles. The fraction of sp³-hybridized carbons (Fsp3) is 0.263. The van der Waals surface area contributed by atoms with E-state index in [9.17, 15) is 4.39 Å². The Morgan fingerprint density at radius 2 is 2.00 bits per heavy atom. The van der Waals surface area contributed by atoms with Crippen LogP contribution in [0.15, 0.2) is 30.3 Å². The van der Waals surface area contributed by atoms with E-state index in [0.29, 0.717) is 0 Å². The summed E-state index contributed by atoms with van der Waals surface area (Å²) < 4.78 is 14.2. The van der Waals surface area contributed by atoms with Crippen molar-refractivity contribution < 1.29 is 4.39 Å². The summed E-state index contributed by atoms with van der Waals surface area (Å²) in [5.74, 6) is -0.135. The largest absolute Gasteiger partial charge is 0.379 e. The lowest BCUT2D eigenvalue weighted by molar-refractivity contribution is 0.573. The van der Waals surface area contributed by atoms with E-state index in [1.165, 1.54) is 10.8 Å². The van der Waals surface area contributed by atoms with E-state index in [-0.39, 0.29) is 11.4 Å². The van der Waals surface area contributed by atoms with Crippen molar-refractivity contribution in [2.75, 3.05) is 5.32 Å². The van der Waals surface area contributed by atoms with Gasteiger partial charge in [0.05, 0.1) is 0 Å². The first-order valence-electron chi connectivity index (χ1n) is 7.37. The van der Waals surface area contributed by atoms with Gasteiger partial charge in [-0.3, -0.25) is 0 Å². The van der Waals surface area contributed by atoms with E-state index >= 15 is 0 Å². The zero-order chi connectivity index (χ0) is 14.8. The highest BCUT2D eigenvalue weighted by atomic mass is 19.1. The molecule has 106 valence electrons. The molecule has 1 heterocycles. The van der Waals surface area contributed by atoms with Crippen LogP contribution in [0.2, 0.25) is 0 Å². The number of rotatable bonds is 0. The Kier molecular flexibility index (Phi) is 2.39. The molecule has 1 aliphatic carbocycles. The summed E-state index contributed by atoms with van der Waals surface area (Å²) in [7, 11) is 0. The Morgan fingerprint density at radius 1 is 1.19 bits per heavy atom. The average molecular weight is 279 g/mol. The zero-order valence-corrected chi connectivity index (χ0v) is 12.5. The smallest absolute Gasteiger partial charge is 0.131 e. The molecule has 0 bridgehead atoms. The quantitative estimate of drug-likeness (QED) is 0.665. The minimum atomic E-state index is -0.135. The highest BCUT2D eigenvalue weighted by Crippen LogP contribution is 2.31. The molecule has 0 atom stereocenters. The second-order valence-electron chi connectivity index (χ2n) is 6.80. The number of anilines is 1. The first-order valence-corrected chi connectivity index (χ1v) is 7.37. The topological polar surface area (TPSA) is 12.0 Å². The van der Waals surface area contributed by atoms with E-state index in [1.807, 2.05) is 6.07 Å². The summed E-state index contributed by atoms with van der Waals surface area (Å²) in [6.45, 7) is 6.60. The molecule has 1 nitrogen and oxygen atoms in total. The van der Waals surface area contributed by atoms with Gasteiger partial charge in [-0.15, -0.1) is 0 Å². The van der Waals surface area contributed by atoms with Gasteiger partial charge in [0.1, 0.15) is 5.82 Å². The van der Waals surface area contributed by atoms with E-state index in [2.05, 4.69) is 44.3 Å². The lowest BCUT2D eigenvalue weighted by Gasteiger charge is -2.32. The molecule has 0 fully saturated rings. The summed E-state index contributed by atoms with van der Waals surface area (Å²) in [5, 5.41) is 5.93. The number of nitrogens with one attached hydrogen (secondary N) is 1. The highest BCUT2D eigenvalue weighted by molar-refractivity contribution is 5.85. The zero-order valence-electron chi connectivity index (χ0n) is 12.5. The standard InChI is InChI=1S/C19H18FN/c1-11-10-19(2,3)21-17-8-13-7-12-5-4-6-16(20)18(12)15(13)9-14(11)17/h4-9,21H,10H2,1-3H3. The monoisotopic (exact) mass is 279 g/mol. The van der Waals surface area contributed by atoms with Crippen LogP contribution < -0.4 is 15.8 Å². The summed E-state index contributed by atoms with van der Waals surface area (Å²) in [5.41, 5.74) is 5.33. The summed E-state index contributed by atoms with van der Waals surface area (Å²) >= 11 is 0. The van der Waals surface area contributed by atoms with E-state index in [1.54, 1.807) is 12.1 Å². The second-order valence-corrected chi connectivity index (χ2v) is 6.80. The molecule has 0 aromatic heterocycles. The molecule has 0 saturated heterocycles. The maximum absolute atomic E-state index is 14.2. The van der Waals surface area contributed by atoms with Gasteiger partial charge in [-0.1, -0.05) is 17.7 Å². The van der Waals surface area contributed by atoms with Crippen LogP contribution in [0.25, 0.3) is 22.8 Å². The SMILES string of the molecule is CC1=c2cc3c(cc2NC(C)(C)C1)=Cc1cccc(F)c1-3. The van der Waals surface area contributed by atoms with Crippen molar-refractivity contribution in [1.29, 1.82) is 0 Å². The Hall–Kier alpha value is -2.09. The molecule has 1 N–H and O–H groups in total. The van der Waals surface area contributed by atoms with Crippen LogP contribution in [0.4, 0.5) is 10.1 Å². The van der Waals surface area contributed by atoms with Crippen molar-refractivity contribution in [3.63, 3.8) is 0 Å². The van der Waals surface area contributed by atoms with Crippen molar-refractivity contribution in [2.24, 2.45) is 0 Å². The van der Waals surface area contributed by atoms with Gasteiger partial charge >= 0.3 is 0 Å². The lowest BCUT2D eigenvalue weighted by atomic mass is 9.89. The van der Waals surface area contributed by atoms with Crippen molar-refractivity contribution >= 4 is 17.3 Å². The van der Waals surface area contributed by atoms with Crippen LogP contribution in [0, 0.1) is 5.82 Å². The minimum absolute atomic E-state index is 0.0715. The Balaban J connectivity index is 2.04. The predicted molar refractivity (Wildman–Crippen MR) is 86.1 cm³/mol. The van der Waals surface area contributed by atoms with Gasteiger partial charge in [-0.25, -0.2) is 4.39 Å². The van der Waals surface area contributed by atoms with Gasteiger partial charge in [0.25, 0.3) is 0 Å². The third-order valence-electron chi connectivity index (χ3n) is 4.46. The van der Waals surface area contributed by atoms with Gasteiger partial charge in [0.2, 0.25) is 0 Å². The lowest BCUT2D eigenvalue weighted by Crippen LogP contribution is -2.39. The number of fused-ring (bicyclic) bond motifs is 4. The highest BCUT2D eigenvalue weighted by Gasteiger charge is 2.25. The number of halogens is 1. The fourth-order valence-corrected chi connectivity index (χ4v) is 3.69. The molecular weight excluding hydrogens is 261 g/mol. The molecule has 2 aliphatic rings. The van der Waals surface area contributed by atoms with Crippen LogP contribution in [0.1, 0.15) is 32.8 Å². The summed E-state index contributed by atoms with van der Waals surface area (Å²) in [6.07, 6.45) is 3.08. The molecule has 2 heteroatoms. The van der Waals surface area contributed by atoms with Crippen LogP contribution >= 0.6 is 0 Å². The molecule has 0 saturated carbocycles. The van der Waals surface area contributed by atoms with Crippen molar-refractivity contribution in [3.8, 4) is 11.1 Å². The number of hydrogen-bond donors (Lipinski definition) is 1. The third-order valence-corrected chi connectivity index (χ3v) is 4.46. The van der Waals surface area contributed by atoms with Gasteiger partial charge in [0, 0.05) is 16.8 Å². The van der Waals surface area contributed by atoms with Gasteiger partial charge in [-0.2, -0.15) is 0 Å². The maximum Gasteiger partial charge on any atom is 0.131 e. The van der Waals surface area contributed by atoms with Crippen molar-refractivity contribution in [3.05, 3.63) is 52.1 Å². The number of hydrogen-bond acceptors (Lipinski definition) is 1. The van der Waals surface area contributed by atoms with Crippen LogP contribution in [-0.2, 0) is 0 Å². The van der Waals surface area contributed by atoms with Gasteiger partial charge < -0.3 is 5.32 Å². The van der Waals surface area contributed by atoms with Crippen LogP contribution in [0.5, 0.6) is 0 Å². The Bertz CT molecular complexity index is 891. The van der Waals surface area contributed by atoms with Crippen LogP contribution in [-0.4, -0.2) is 5.54 Å². The summed E-state index contributed by atoms with van der Waals surface area (Å²) in [6, 6.07) is 9.60. The molecule has 0 unspecified atom stereocenters. The Labute approximate surface area is 123 Å². The average Bonchev–Trinajstić information content (AvgIpc) is 2.74. The van der Waals surface area contributed by atoms with Crippen molar-refractivity contribution in [2.45, 2.75) is 32.7 Å². The van der Waals surface area contributed by atoms with Gasteiger partial charge in [0.15, 0.2) is 0 Å².